The molecule has 1 atom stereocenters. The lowest BCUT2D eigenvalue weighted by atomic mass is 9.97. The number of aromatic nitrogens is 1. The Morgan fingerprint density at radius 1 is 1.50 bits per heavy atom. The average Bonchev–Trinajstić information content (AvgIpc) is 2.85. The van der Waals surface area contributed by atoms with Crippen molar-refractivity contribution in [3.8, 4) is 0 Å². The number of aliphatic imine (C=N–C) groups is 1. The fraction of sp³-hybridized carbons (Fsp3) is 0.722. The highest BCUT2D eigenvalue weighted by Crippen LogP contribution is 2.18. The first-order valence-electron chi connectivity index (χ1n) is 8.87. The summed E-state index contributed by atoms with van der Waals surface area (Å²) >= 11 is 3.54. The van der Waals surface area contributed by atoms with Gasteiger partial charge in [-0.15, -0.1) is 0 Å². The van der Waals surface area contributed by atoms with Crippen LogP contribution in [0.1, 0.15) is 32.4 Å². The molecule has 0 bridgehead atoms. The smallest absolute Gasteiger partial charge is 0.193 e. The van der Waals surface area contributed by atoms with E-state index >= 15 is 0 Å². The van der Waals surface area contributed by atoms with Crippen molar-refractivity contribution < 1.29 is 0 Å². The highest BCUT2D eigenvalue weighted by atomic mass is 79.9. The minimum Gasteiger partial charge on any atom is -0.356 e. The second kappa shape index (κ2) is 8.90. The van der Waals surface area contributed by atoms with Crippen molar-refractivity contribution in [2.75, 3.05) is 33.7 Å². The molecule has 0 radical (unpaired) electrons. The van der Waals surface area contributed by atoms with Crippen LogP contribution in [0.2, 0.25) is 0 Å². The van der Waals surface area contributed by atoms with Crippen molar-refractivity contribution in [1.29, 1.82) is 0 Å². The molecule has 0 aliphatic carbocycles. The second-order valence-electron chi connectivity index (χ2n) is 7.14. The van der Waals surface area contributed by atoms with Gasteiger partial charge >= 0.3 is 0 Å². The zero-order valence-corrected chi connectivity index (χ0v) is 17.3. The van der Waals surface area contributed by atoms with Gasteiger partial charge in [-0.3, -0.25) is 4.99 Å². The standard InChI is InChI=1S/C18H32BrN5/c1-14(2)24-8-6-7-15(11-24)10-21-18(20-3)23(5)13-17-9-16(19)12-22(17)4/h9,12,14-15H,6-8,10-11,13H2,1-5H3,(H,20,21). The molecule has 1 fully saturated rings. The van der Waals surface area contributed by atoms with Gasteiger partial charge in [-0.25, -0.2) is 0 Å². The molecule has 1 aromatic heterocycles. The van der Waals surface area contributed by atoms with E-state index in [2.05, 4.69) is 80.8 Å². The maximum Gasteiger partial charge on any atom is 0.193 e. The summed E-state index contributed by atoms with van der Waals surface area (Å²) < 4.78 is 3.27. The molecule has 6 heteroatoms. The fourth-order valence-corrected chi connectivity index (χ4v) is 3.97. The number of hydrogen-bond acceptors (Lipinski definition) is 2. The number of hydrogen-bond donors (Lipinski definition) is 1. The van der Waals surface area contributed by atoms with Crippen molar-refractivity contribution in [1.82, 2.24) is 19.7 Å². The predicted octanol–water partition coefficient (Wildman–Crippen LogP) is 2.92. The molecule has 0 amide bonds. The van der Waals surface area contributed by atoms with E-state index < -0.39 is 0 Å². The van der Waals surface area contributed by atoms with Crippen molar-refractivity contribution in [3.63, 3.8) is 0 Å². The minimum absolute atomic E-state index is 0.644. The van der Waals surface area contributed by atoms with Crippen molar-refractivity contribution in [2.45, 2.75) is 39.3 Å². The number of rotatable bonds is 5. The van der Waals surface area contributed by atoms with E-state index in [1.54, 1.807) is 0 Å². The van der Waals surface area contributed by atoms with E-state index in [0.29, 0.717) is 12.0 Å². The summed E-state index contributed by atoms with van der Waals surface area (Å²) in [5, 5.41) is 3.57. The first kappa shape index (κ1) is 19.3. The molecule has 1 N–H and O–H groups in total. The first-order chi connectivity index (χ1) is 11.4. The third-order valence-electron chi connectivity index (χ3n) is 4.88. The summed E-state index contributed by atoms with van der Waals surface area (Å²) in [5.74, 6) is 1.67. The summed E-state index contributed by atoms with van der Waals surface area (Å²) in [6.07, 6.45) is 4.69. The van der Waals surface area contributed by atoms with E-state index in [4.69, 9.17) is 0 Å². The van der Waals surface area contributed by atoms with Crippen LogP contribution in [0.15, 0.2) is 21.7 Å². The molecule has 1 saturated heterocycles. The average molecular weight is 398 g/mol. The van der Waals surface area contributed by atoms with Crippen molar-refractivity contribution in [2.24, 2.45) is 18.0 Å². The molecule has 1 aliphatic heterocycles. The SMILES string of the molecule is CN=C(NCC1CCCN(C(C)C)C1)N(C)Cc1cc(Br)cn1C. The number of aryl methyl sites for hydroxylation is 1. The zero-order chi connectivity index (χ0) is 17.7. The third-order valence-corrected chi connectivity index (χ3v) is 5.31. The van der Waals surface area contributed by atoms with Crippen LogP contribution < -0.4 is 5.32 Å². The van der Waals surface area contributed by atoms with Crippen molar-refractivity contribution >= 4 is 21.9 Å². The van der Waals surface area contributed by atoms with E-state index in [-0.39, 0.29) is 0 Å². The van der Waals surface area contributed by atoms with Crippen LogP contribution in [0.25, 0.3) is 0 Å². The number of likely N-dealkylation sites (tertiary alicyclic amines) is 1. The van der Waals surface area contributed by atoms with Crippen LogP contribution in [0.5, 0.6) is 0 Å². The van der Waals surface area contributed by atoms with Gasteiger partial charge in [0, 0.05) is 56.6 Å². The highest BCUT2D eigenvalue weighted by Gasteiger charge is 2.22. The molecule has 5 nitrogen and oxygen atoms in total. The Hall–Kier alpha value is -1.01. The summed E-state index contributed by atoms with van der Waals surface area (Å²) in [4.78, 5) is 9.23. The highest BCUT2D eigenvalue weighted by molar-refractivity contribution is 9.10. The first-order valence-corrected chi connectivity index (χ1v) is 9.66. The summed E-state index contributed by atoms with van der Waals surface area (Å²) in [5.41, 5.74) is 1.26. The summed E-state index contributed by atoms with van der Waals surface area (Å²) in [6.45, 7) is 8.85. The summed E-state index contributed by atoms with van der Waals surface area (Å²) in [6, 6.07) is 2.80. The van der Waals surface area contributed by atoms with Gasteiger partial charge in [-0.2, -0.15) is 0 Å². The molecular formula is C18H32BrN5. The topological polar surface area (TPSA) is 35.8 Å². The van der Waals surface area contributed by atoms with Crippen LogP contribution in [0.3, 0.4) is 0 Å². The Labute approximate surface area is 155 Å². The maximum atomic E-state index is 4.46. The van der Waals surface area contributed by atoms with Gasteiger partial charge < -0.3 is 19.7 Å². The molecule has 2 heterocycles. The van der Waals surface area contributed by atoms with E-state index in [1.807, 2.05) is 7.05 Å². The normalized spacial score (nSPS) is 19.8. The number of nitrogens with one attached hydrogen (secondary N) is 1. The molecule has 24 heavy (non-hydrogen) atoms. The fourth-order valence-electron chi connectivity index (χ4n) is 3.39. The lowest BCUT2D eigenvalue weighted by Crippen LogP contribution is -2.46. The summed E-state index contributed by atoms with van der Waals surface area (Å²) in [7, 11) is 6.03. The monoisotopic (exact) mass is 397 g/mol. The largest absolute Gasteiger partial charge is 0.356 e. The Balaban J connectivity index is 1.86. The van der Waals surface area contributed by atoms with Crippen molar-refractivity contribution in [3.05, 3.63) is 22.4 Å². The van der Waals surface area contributed by atoms with Gasteiger partial charge in [0.05, 0.1) is 6.54 Å². The molecule has 2 rings (SSSR count). The third kappa shape index (κ3) is 5.24. The van der Waals surface area contributed by atoms with E-state index in [9.17, 15) is 0 Å². The van der Waals surface area contributed by atoms with Gasteiger partial charge in [0.15, 0.2) is 5.96 Å². The number of guanidine groups is 1. The molecule has 1 unspecified atom stereocenters. The number of nitrogens with zero attached hydrogens (tertiary/aromatic N) is 4. The number of piperidine rings is 1. The minimum atomic E-state index is 0.644. The molecule has 0 saturated carbocycles. The zero-order valence-electron chi connectivity index (χ0n) is 15.7. The van der Waals surface area contributed by atoms with Gasteiger partial charge in [-0.05, 0) is 61.1 Å². The van der Waals surface area contributed by atoms with Crippen LogP contribution in [0.4, 0.5) is 0 Å². The Kier molecular flexibility index (Phi) is 7.16. The molecule has 0 spiro atoms. The number of halogens is 1. The molecule has 1 aromatic rings. The second-order valence-corrected chi connectivity index (χ2v) is 8.06. The molecule has 0 aromatic carbocycles. The Bertz CT molecular complexity index is 552. The van der Waals surface area contributed by atoms with Crippen LogP contribution in [-0.4, -0.2) is 60.1 Å². The predicted molar refractivity (Wildman–Crippen MR) is 105 cm³/mol. The van der Waals surface area contributed by atoms with Crippen LogP contribution >= 0.6 is 15.9 Å². The maximum absolute atomic E-state index is 4.46. The molecule has 136 valence electrons. The van der Waals surface area contributed by atoms with Gasteiger partial charge in [0.1, 0.15) is 0 Å². The quantitative estimate of drug-likeness (QED) is 0.612. The Morgan fingerprint density at radius 3 is 2.83 bits per heavy atom. The Morgan fingerprint density at radius 2 is 2.25 bits per heavy atom. The van der Waals surface area contributed by atoms with E-state index in [1.165, 1.54) is 31.6 Å². The van der Waals surface area contributed by atoms with E-state index in [0.717, 1.165) is 23.5 Å². The van der Waals surface area contributed by atoms with Crippen LogP contribution in [-0.2, 0) is 13.6 Å². The lowest BCUT2D eigenvalue weighted by molar-refractivity contribution is 0.140. The van der Waals surface area contributed by atoms with Gasteiger partial charge in [-0.1, -0.05) is 0 Å². The lowest BCUT2D eigenvalue weighted by Gasteiger charge is -2.36. The van der Waals surface area contributed by atoms with Gasteiger partial charge in [0.2, 0.25) is 0 Å². The van der Waals surface area contributed by atoms with Gasteiger partial charge in [0.25, 0.3) is 0 Å². The molecular weight excluding hydrogens is 366 g/mol. The van der Waals surface area contributed by atoms with Crippen LogP contribution in [0, 0.1) is 5.92 Å². The molecule has 1 aliphatic rings.